The highest BCUT2D eigenvalue weighted by Gasteiger charge is 2.37. The van der Waals surface area contributed by atoms with Crippen molar-refractivity contribution < 1.29 is 18.8 Å². The van der Waals surface area contributed by atoms with Gasteiger partial charge in [-0.25, -0.2) is 14.1 Å². The molecule has 8 heteroatoms. The van der Waals surface area contributed by atoms with Crippen molar-refractivity contribution in [3.8, 4) is 0 Å². The van der Waals surface area contributed by atoms with Gasteiger partial charge < -0.3 is 4.57 Å². The lowest BCUT2D eigenvalue weighted by molar-refractivity contribution is -0.122. The number of amides is 4. The van der Waals surface area contributed by atoms with E-state index in [2.05, 4.69) is 5.32 Å². The van der Waals surface area contributed by atoms with Gasteiger partial charge in [0, 0.05) is 33.2 Å². The number of nitrogens with one attached hydrogen (secondary N) is 1. The van der Waals surface area contributed by atoms with Crippen LogP contribution in [0.1, 0.15) is 16.7 Å². The van der Waals surface area contributed by atoms with Crippen molar-refractivity contribution in [2.75, 3.05) is 4.90 Å². The number of imide groups is 2. The first kappa shape index (κ1) is 22.6. The number of rotatable bonds is 4. The van der Waals surface area contributed by atoms with Crippen LogP contribution in [0.5, 0.6) is 0 Å². The second-order valence-electron chi connectivity index (χ2n) is 8.16. The van der Waals surface area contributed by atoms with Gasteiger partial charge >= 0.3 is 6.03 Å². The number of aromatic nitrogens is 1. The van der Waals surface area contributed by atoms with Crippen LogP contribution in [0.3, 0.4) is 0 Å². The number of hydrogen-bond acceptors (Lipinski definition) is 3. The molecule has 6 nitrogen and oxygen atoms in total. The van der Waals surface area contributed by atoms with Crippen LogP contribution in [0.2, 0.25) is 5.02 Å². The second-order valence-corrected chi connectivity index (χ2v) is 8.57. The van der Waals surface area contributed by atoms with E-state index >= 15 is 0 Å². The summed E-state index contributed by atoms with van der Waals surface area (Å²) in [6.45, 7) is 1.96. The highest BCUT2D eigenvalue weighted by atomic mass is 35.5. The van der Waals surface area contributed by atoms with Crippen LogP contribution in [0.25, 0.3) is 17.0 Å². The van der Waals surface area contributed by atoms with Crippen LogP contribution >= 0.6 is 11.6 Å². The fraction of sp³-hybridized carbons (Fsp3) is 0.0741. The summed E-state index contributed by atoms with van der Waals surface area (Å²) in [5, 5.41) is 3.40. The highest BCUT2D eigenvalue weighted by Crippen LogP contribution is 2.31. The molecule has 0 unspecified atom stereocenters. The molecule has 1 fully saturated rings. The average molecular weight is 488 g/mol. The molecule has 1 saturated heterocycles. The van der Waals surface area contributed by atoms with Crippen LogP contribution < -0.4 is 10.2 Å². The number of para-hydroxylation sites is 1. The first-order chi connectivity index (χ1) is 16.8. The summed E-state index contributed by atoms with van der Waals surface area (Å²) in [6, 6.07) is 18.0. The highest BCUT2D eigenvalue weighted by molar-refractivity contribution is 6.40. The second kappa shape index (κ2) is 8.85. The standard InChI is InChI=1S/C27H19ClFN3O3/c1-16-21(28)9-6-12-23(16)32-26(34)20(25(33)30-27(32)35)13-18-15-31(24-11-5-3-8-19(18)24)14-17-7-2-4-10-22(17)29/h2-13,15H,14H2,1H3,(H,30,33,35)/b20-13+. The third-order valence-electron chi connectivity index (χ3n) is 6.00. The summed E-state index contributed by atoms with van der Waals surface area (Å²) in [5.41, 5.74) is 2.54. The van der Waals surface area contributed by atoms with Gasteiger partial charge in [-0.2, -0.15) is 0 Å². The minimum absolute atomic E-state index is 0.197. The lowest BCUT2D eigenvalue weighted by Gasteiger charge is -2.27. The minimum Gasteiger partial charge on any atom is -0.342 e. The molecule has 1 aliphatic rings. The Kier molecular flexibility index (Phi) is 5.70. The molecule has 0 aliphatic carbocycles. The Bertz CT molecular complexity index is 1560. The molecule has 3 aromatic carbocycles. The van der Waals surface area contributed by atoms with Crippen molar-refractivity contribution in [1.29, 1.82) is 0 Å². The first-order valence-electron chi connectivity index (χ1n) is 10.8. The van der Waals surface area contributed by atoms with Crippen molar-refractivity contribution in [2.45, 2.75) is 13.5 Å². The lowest BCUT2D eigenvalue weighted by atomic mass is 10.1. The number of hydrogen-bond donors (Lipinski definition) is 1. The molecule has 0 bridgehead atoms. The Morgan fingerprint density at radius 3 is 2.51 bits per heavy atom. The molecule has 35 heavy (non-hydrogen) atoms. The van der Waals surface area contributed by atoms with Gasteiger partial charge in [0.15, 0.2) is 0 Å². The number of halogens is 2. The number of carbonyl (C=O) groups excluding carboxylic acids is 3. The summed E-state index contributed by atoms with van der Waals surface area (Å²) in [4.78, 5) is 39.6. The summed E-state index contributed by atoms with van der Waals surface area (Å²) in [6.07, 6.45) is 3.22. The average Bonchev–Trinajstić information content (AvgIpc) is 3.18. The number of nitrogens with zero attached hydrogens (tertiary/aromatic N) is 2. The van der Waals surface area contributed by atoms with Gasteiger partial charge in [-0.15, -0.1) is 0 Å². The lowest BCUT2D eigenvalue weighted by Crippen LogP contribution is -2.54. The van der Waals surface area contributed by atoms with Gasteiger partial charge in [-0.05, 0) is 42.8 Å². The zero-order valence-corrected chi connectivity index (χ0v) is 19.3. The molecule has 0 atom stereocenters. The van der Waals surface area contributed by atoms with Crippen LogP contribution in [0, 0.1) is 12.7 Å². The SMILES string of the molecule is Cc1c(Cl)cccc1N1C(=O)NC(=O)/C(=C\c2cn(Cc3ccccc3F)c3ccccc23)C1=O. The van der Waals surface area contributed by atoms with Crippen LogP contribution in [-0.2, 0) is 16.1 Å². The fourth-order valence-corrected chi connectivity index (χ4v) is 4.37. The third-order valence-corrected chi connectivity index (χ3v) is 6.41. The minimum atomic E-state index is -0.843. The number of barbiturate groups is 1. The number of carbonyl (C=O) groups is 3. The zero-order chi connectivity index (χ0) is 24.7. The molecular weight excluding hydrogens is 469 g/mol. The Morgan fingerprint density at radius 1 is 0.971 bits per heavy atom. The maximum atomic E-state index is 14.3. The van der Waals surface area contributed by atoms with Gasteiger partial charge in [0.1, 0.15) is 11.4 Å². The molecular formula is C27H19ClFN3O3. The van der Waals surface area contributed by atoms with E-state index in [-0.39, 0.29) is 17.9 Å². The first-order valence-corrected chi connectivity index (χ1v) is 11.2. The van der Waals surface area contributed by atoms with Crippen LogP contribution in [0.15, 0.2) is 78.5 Å². The smallest absolute Gasteiger partial charge is 0.335 e. The van der Waals surface area contributed by atoms with E-state index in [4.69, 9.17) is 11.6 Å². The molecule has 1 aliphatic heterocycles. The van der Waals surface area contributed by atoms with E-state index in [1.54, 1.807) is 49.5 Å². The normalized spacial score (nSPS) is 15.2. The Hall–Kier alpha value is -4.23. The van der Waals surface area contributed by atoms with Gasteiger partial charge in [0.2, 0.25) is 0 Å². The number of fused-ring (bicyclic) bond motifs is 1. The van der Waals surface area contributed by atoms with Gasteiger partial charge in [-0.3, -0.25) is 14.9 Å². The Morgan fingerprint density at radius 2 is 1.71 bits per heavy atom. The van der Waals surface area contributed by atoms with E-state index < -0.39 is 17.8 Å². The van der Waals surface area contributed by atoms with E-state index in [0.29, 0.717) is 27.4 Å². The molecule has 1 aromatic heterocycles. The van der Waals surface area contributed by atoms with Crippen molar-refractivity contribution >= 4 is 52.1 Å². The monoisotopic (exact) mass is 487 g/mol. The van der Waals surface area contributed by atoms with Crippen molar-refractivity contribution in [2.24, 2.45) is 0 Å². The molecule has 174 valence electrons. The maximum Gasteiger partial charge on any atom is 0.335 e. The van der Waals surface area contributed by atoms with Crippen LogP contribution in [0.4, 0.5) is 14.9 Å². The van der Waals surface area contributed by atoms with Crippen molar-refractivity contribution in [1.82, 2.24) is 9.88 Å². The van der Waals surface area contributed by atoms with Gasteiger partial charge in [0.05, 0.1) is 12.2 Å². The molecule has 4 aromatic rings. The number of benzene rings is 3. The maximum absolute atomic E-state index is 14.3. The number of anilines is 1. The van der Waals surface area contributed by atoms with Crippen molar-refractivity contribution in [3.63, 3.8) is 0 Å². The van der Waals surface area contributed by atoms with Gasteiger partial charge in [0.25, 0.3) is 11.8 Å². The quantitative estimate of drug-likeness (QED) is 0.307. The summed E-state index contributed by atoms with van der Waals surface area (Å²) >= 11 is 6.19. The molecule has 0 saturated carbocycles. The third kappa shape index (κ3) is 4.00. The topological polar surface area (TPSA) is 71.4 Å². The van der Waals surface area contributed by atoms with Crippen molar-refractivity contribution in [3.05, 3.63) is 106 Å². The predicted octanol–water partition coefficient (Wildman–Crippen LogP) is 5.46. The Labute approximate surface area is 205 Å². The van der Waals surface area contributed by atoms with Crippen LogP contribution in [-0.4, -0.2) is 22.4 Å². The van der Waals surface area contributed by atoms with E-state index in [1.165, 1.54) is 12.1 Å². The molecule has 0 radical (unpaired) electrons. The van der Waals surface area contributed by atoms with E-state index in [0.717, 1.165) is 15.8 Å². The zero-order valence-electron chi connectivity index (χ0n) is 18.6. The predicted molar refractivity (Wildman–Crippen MR) is 133 cm³/mol. The number of urea groups is 1. The fourth-order valence-electron chi connectivity index (χ4n) is 4.20. The summed E-state index contributed by atoms with van der Waals surface area (Å²) in [7, 11) is 0. The molecule has 1 N–H and O–H groups in total. The molecule has 0 spiro atoms. The summed E-state index contributed by atoms with van der Waals surface area (Å²) in [5.74, 6) is -1.87. The van der Waals surface area contributed by atoms with Gasteiger partial charge in [-0.1, -0.05) is 54.1 Å². The largest absolute Gasteiger partial charge is 0.342 e. The summed E-state index contributed by atoms with van der Waals surface area (Å²) < 4.78 is 16.1. The van der Waals surface area contributed by atoms with E-state index in [9.17, 15) is 18.8 Å². The molecule has 2 heterocycles. The van der Waals surface area contributed by atoms with E-state index in [1.807, 2.05) is 28.8 Å². The molecule has 5 rings (SSSR count). The Balaban J connectivity index is 1.59. The molecule has 4 amide bonds.